The lowest BCUT2D eigenvalue weighted by Crippen LogP contribution is -2.30. The van der Waals surface area contributed by atoms with Gasteiger partial charge in [0.15, 0.2) is 0 Å². The molecule has 0 spiro atoms. The number of thioether (sulfide) groups is 1. The van der Waals surface area contributed by atoms with E-state index < -0.39 is 0 Å². The van der Waals surface area contributed by atoms with Gasteiger partial charge in [-0.2, -0.15) is 0 Å². The third-order valence-electron chi connectivity index (χ3n) is 5.10. The van der Waals surface area contributed by atoms with Crippen LogP contribution in [0.25, 0.3) is 11.1 Å². The molecule has 4 nitrogen and oxygen atoms in total. The number of amides is 1. The minimum atomic E-state index is -0.0721. The van der Waals surface area contributed by atoms with Crippen LogP contribution in [-0.2, 0) is 0 Å². The highest BCUT2D eigenvalue weighted by Gasteiger charge is 2.33. The topological polar surface area (TPSA) is 38.8 Å². The molecule has 3 aromatic rings. The summed E-state index contributed by atoms with van der Waals surface area (Å²) in [4.78, 5) is 15.2. The van der Waals surface area contributed by atoms with E-state index in [0.717, 1.165) is 33.9 Å². The number of hydrogen-bond acceptors (Lipinski definition) is 4. The molecule has 1 fully saturated rings. The summed E-state index contributed by atoms with van der Waals surface area (Å²) >= 11 is 1.75. The van der Waals surface area contributed by atoms with Crippen LogP contribution >= 0.6 is 11.8 Å². The molecule has 1 atom stereocenters. The van der Waals surface area contributed by atoms with Crippen LogP contribution in [0, 0.1) is 0 Å². The molecule has 0 aromatic heterocycles. The van der Waals surface area contributed by atoms with Crippen LogP contribution in [0.15, 0.2) is 72.8 Å². The first kappa shape index (κ1) is 19.4. The van der Waals surface area contributed by atoms with Gasteiger partial charge in [0, 0.05) is 29.5 Å². The monoisotopic (exact) mass is 405 g/mol. The van der Waals surface area contributed by atoms with E-state index in [2.05, 4.69) is 12.1 Å². The van der Waals surface area contributed by atoms with Crippen LogP contribution in [0.1, 0.15) is 21.3 Å². The van der Waals surface area contributed by atoms with Gasteiger partial charge in [-0.25, -0.2) is 0 Å². The maximum Gasteiger partial charge on any atom is 0.255 e. The first-order chi connectivity index (χ1) is 14.2. The summed E-state index contributed by atoms with van der Waals surface area (Å²) in [6.45, 7) is 0.712. The third-order valence-corrected chi connectivity index (χ3v) is 6.34. The van der Waals surface area contributed by atoms with E-state index in [9.17, 15) is 4.79 Å². The largest absolute Gasteiger partial charge is 0.497 e. The molecule has 29 heavy (non-hydrogen) atoms. The lowest BCUT2D eigenvalue weighted by molar-refractivity contribution is 0.0759. The standard InChI is InChI=1S/C24H23NO3S/c1-27-20-12-13-21(22(16-20)28-2)24-25(14-15-29-24)23(26)19-10-8-18(9-11-19)17-6-4-3-5-7-17/h3-13,16,24H,14-15H2,1-2H3/t24-/m1/s1. The summed E-state index contributed by atoms with van der Waals surface area (Å²) in [5.74, 6) is 2.41. The molecule has 0 radical (unpaired) electrons. The second-order valence-electron chi connectivity index (χ2n) is 6.77. The summed E-state index contributed by atoms with van der Waals surface area (Å²) in [5.41, 5.74) is 3.94. The predicted octanol–water partition coefficient (Wildman–Crippen LogP) is 5.26. The molecule has 0 bridgehead atoms. The highest BCUT2D eigenvalue weighted by molar-refractivity contribution is 7.99. The summed E-state index contributed by atoms with van der Waals surface area (Å²) in [5, 5.41) is -0.0721. The van der Waals surface area contributed by atoms with E-state index in [1.54, 1.807) is 26.0 Å². The molecule has 1 saturated heterocycles. The molecule has 1 aliphatic rings. The van der Waals surface area contributed by atoms with Crippen LogP contribution in [0.4, 0.5) is 0 Å². The second kappa shape index (κ2) is 8.62. The number of hydrogen-bond donors (Lipinski definition) is 0. The fraction of sp³-hybridized carbons (Fsp3) is 0.208. The number of ether oxygens (including phenoxy) is 2. The quantitative estimate of drug-likeness (QED) is 0.580. The smallest absolute Gasteiger partial charge is 0.255 e. The zero-order valence-corrected chi connectivity index (χ0v) is 17.3. The molecule has 1 aliphatic heterocycles. The van der Waals surface area contributed by atoms with Gasteiger partial charge in [-0.1, -0.05) is 42.5 Å². The van der Waals surface area contributed by atoms with Gasteiger partial charge in [-0.15, -0.1) is 11.8 Å². The number of carbonyl (C=O) groups excluding carboxylic acids is 1. The lowest BCUT2D eigenvalue weighted by atomic mass is 10.0. The second-order valence-corrected chi connectivity index (χ2v) is 7.96. The van der Waals surface area contributed by atoms with Crippen molar-refractivity contribution in [2.75, 3.05) is 26.5 Å². The van der Waals surface area contributed by atoms with Crippen LogP contribution in [0.2, 0.25) is 0 Å². The van der Waals surface area contributed by atoms with Crippen LogP contribution in [0.3, 0.4) is 0 Å². The molecule has 0 unspecified atom stereocenters. The molecule has 1 amide bonds. The number of nitrogens with zero attached hydrogens (tertiary/aromatic N) is 1. The van der Waals surface area contributed by atoms with E-state index in [1.165, 1.54) is 0 Å². The summed E-state index contributed by atoms with van der Waals surface area (Å²) in [6, 6.07) is 23.8. The number of rotatable bonds is 5. The van der Waals surface area contributed by atoms with Gasteiger partial charge in [0.25, 0.3) is 5.91 Å². The normalized spacial score (nSPS) is 15.9. The zero-order valence-electron chi connectivity index (χ0n) is 16.5. The van der Waals surface area contributed by atoms with Crippen molar-refractivity contribution in [3.63, 3.8) is 0 Å². The Balaban J connectivity index is 1.58. The molecule has 0 N–H and O–H groups in total. The lowest BCUT2D eigenvalue weighted by Gasteiger charge is -2.26. The van der Waals surface area contributed by atoms with Gasteiger partial charge in [0.2, 0.25) is 0 Å². The van der Waals surface area contributed by atoms with Crippen LogP contribution < -0.4 is 9.47 Å². The Hall–Kier alpha value is -2.92. The molecular formula is C24H23NO3S. The third kappa shape index (κ3) is 3.96. The average molecular weight is 406 g/mol. The minimum Gasteiger partial charge on any atom is -0.497 e. The van der Waals surface area contributed by atoms with Crippen molar-refractivity contribution in [3.05, 3.63) is 83.9 Å². The van der Waals surface area contributed by atoms with E-state index in [-0.39, 0.29) is 11.3 Å². The Morgan fingerprint density at radius 3 is 2.34 bits per heavy atom. The van der Waals surface area contributed by atoms with Crippen molar-refractivity contribution < 1.29 is 14.3 Å². The van der Waals surface area contributed by atoms with Crippen molar-refractivity contribution in [2.24, 2.45) is 0 Å². The van der Waals surface area contributed by atoms with Crippen molar-refractivity contribution in [2.45, 2.75) is 5.37 Å². The van der Waals surface area contributed by atoms with Gasteiger partial charge in [0.05, 0.1) is 14.2 Å². The van der Waals surface area contributed by atoms with Gasteiger partial charge >= 0.3 is 0 Å². The predicted molar refractivity (Wildman–Crippen MR) is 118 cm³/mol. The first-order valence-electron chi connectivity index (χ1n) is 9.51. The highest BCUT2D eigenvalue weighted by Crippen LogP contribution is 2.43. The number of benzene rings is 3. The van der Waals surface area contributed by atoms with Crippen molar-refractivity contribution >= 4 is 17.7 Å². The van der Waals surface area contributed by atoms with Gasteiger partial charge in [-0.05, 0) is 35.4 Å². The SMILES string of the molecule is COc1ccc([C@H]2SCCN2C(=O)c2ccc(-c3ccccc3)cc2)c(OC)c1. The molecule has 148 valence electrons. The molecule has 1 heterocycles. The Kier molecular flexibility index (Phi) is 5.76. The molecule has 4 rings (SSSR count). The van der Waals surface area contributed by atoms with Crippen LogP contribution in [-0.4, -0.2) is 37.3 Å². The Morgan fingerprint density at radius 2 is 1.66 bits per heavy atom. The van der Waals surface area contributed by atoms with E-state index in [4.69, 9.17) is 9.47 Å². The number of methoxy groups -OCH3 is 2. The van der Waals surface area contributed by atoms with Crippen molar-refractivity contribution in [1.82, 2.24) is 4.90 Å². The number of carbonyl (C=O) groups is 1. The highest BCUT2D eigenvalue weighted by atomic mass is 32.2. The Morgan fingerprint density at radius 1 is 0.931 bits per heavy atom. The fourth-order valence-corrected chi connectivity index (χ4v) is 4.84. The van der Waals surface area contributed by atoms with E-state index in [1.807, 2.05) is 65.6 Å². The Labute approximate surface area is 175 Å². The summed E-state index contributed by atoms with van der Waals surface area (Å²) in [6.07, 6.45) is 0. The maximum absolute atomic E-state index is 13.2. The molecule has 3 aromatic carbocycles. The van der Waals surface area contributed by atoms with Gasteiger partial charge in [0.1, 0.15) is 16.9 Å². The molecule has 0 aliphatic carbocycles. The summed E-state index contributed by atoms with van der Waals surface area (Å²) < 4.78 is 10.9. The summed E-state index contributed by atoms with van der Waals surface area (Å²) in [7, 11) is 3.28. The fourth-order valence-electron chi connectivity index (χ4n) is 3.56. The minimum absolute atomic E-state index is 0.0393. The van der Waals surface area contributed by atoms with Crippen molar-refractivity contribution in [1.29, 1.82) is 0 Å². The van der Waals surface area contributed by atoms with Gasteiger partial charge in [-0.3, -0.25) is 4.79 Å². The molecule has 5 heteroatoms. The zero-order chi connectivity index (χ0) is 20.2. The first-order valence-corrected chi connectivity index (χ1v) is 10.6. The van der Waals surface area contributed by atoms with Gasteiger partial charge < -0.3 is 14.4 Å². The average Bonchev–Trinajstić information content (AvgIpc) is 3.28. The van der Waals surface area contributed by atoms with Crippen molar-refractivity contribution in [3.8, 4) is 22.6 Å². The van der Waals surface area contributed by atoms with Crippen LogP contribution in [0.5, 0.6) is 11.5 Å². The maximum atomic E-state index is 13.2. The Bertz CT molecular complexity index is 989. The molecular weight excluding hydrogens is 382 g/mol. The van der Waals surface area contributed by atoms with E-state index >= 15 is 0 Å². The van der Waals surface area contributed by atoms with E-state index in [0.29, 0.717) is 12.1 Å². The molecule has 0 saturated carbocycles.